The molecule has 0 radical (unpaired) electrons. The highest BCUT2D eigenvalue weighted by molar-refractivity contribution is 8.15. The minimum atomic E-state index is 1.04. The molecule has 1 rings (SSSR count). The molecule has 0 aliphatic heterocycles. The van der Waals surface area contributed by atoms with Gasteiger partial charge in [0.05, 0.1) is 0 Å². The van der Waals surface area contributed by atoms with Gasteiger partial charge in [-0.15, -0.1) is 0 Å². The lowest BCUT2D eigenvalue weighted by Crippen LogP contribution is -1.90. The van der Waals surface area contributed by atoms with Crippen molar-refractivity contribution in [3.8, 4) is 0 Å². The van der Waals surface area contributed by atoms with Crippen LogP contribution in [0.25, 0.3) is 0 Å². The lowest BCUT2D eigenvalue weighted by Gasteiger charge is -2.04. The molecular weight excluding hydrogens is 266 g/mol. The molecule has 0 heterocycles. The maximum atomic E-state index is 2.30. The van der Waals surface area contributed by atoms with Gasteiger partial charge in [-0.3, -0.25) is 0 Å². The highest BCUT2D eigenvalue weighted by Gasteiger charge is 1.94. The molecule has 0 spiro atoms. The van der Waals surface area contributed by atoms with Crippen LogP contribution in [0.5, 0.6) is 0 Å². The third kappa shape index (κ3) is 9.59. The normalized spacial score (nSPS) is 12.1. The Balaban J connectivity index is 1.87. The first-order valence-corrected chi connectivity index (χ1v) is 11.1. The molecule has 0 saturated carbocycles. The number of aryl methyl sites for hydroxylation is 1. The Bertz CT molecular complexity index is 306. The molecule has 0 bridgehead atoms. The van der Waals surface area contributed by atoms with Gasteiger partial charge in [0.25, 0.3) is 0 Å². The van der Waals surface area contributed by atoms with Crippen molar-refractivity contribution in [1.82, 2.24) is 0 Å². The predicted octanol–water partition coefficient (Wildman–Crippen LogP) is 6.03. The average Bonchev–Trinajstić information content (AvgIpc) is 2.43. The summed E-state index contributed by atoms with van der Waals surface area (Å²) >= 11 is 0. The third-order valence-corrected chi connectivity index (χ3v) is 6.99. The van der Waals surface area contributed by atoms with Crippen molar-refractivity contribution < 1.29 is 0 Å². The van der Waals surface area contributed by atoms with Crippen LogP contribution in [0.1, 0.15) is 63.9 Å². The van der Waals surface area contributed by atoms with Gasteiger partial charge in [0, 0.05) is 0 Å². The van der Waals surface area contributed by atoms with Gasteiger partial charge in [-0.25, -0.2) is 0 Å². The van der Waals surface area contributed by atoms with Crippen LogP contribution >= 0.6 is 16.5 Å². The molecule has 19 heavy (non-hydrogen) atoms. The Labute approximate surface area is 123 Å². The summed E-state index contributed by atoms with van der Waals surface area (Å²) in [4.78, 5) is 0. The number of unbranched alkanes of at least 4 members (excludes halogenated alkanes) is 7. The largest absolute Gasteiger partial charge is 0.0946 e. The maximum absolute atomic E-state index is 2.30. The first kappa shape index (κ1) is 17.1. The minimum Gasteiger partial charge on any atom is -0.0946 e. The van der Waals surface area contributed by atoms with Crippen LogP contribution in [0.4, 0.5) is 0 Å². The smallest absolute Gasteiger partial charge is 0.0230 e. The van der Waals surface area contributed by atoms with E-state index < -0.39 is 0 Å². The first-order valence-electron chi connectivity index (χ1n) is 7.88. The van der Waals surface area contributed by atoms with Gasteiger partial charge >= 0.3 is 0 Å². The summed E-state index contributed by atoms with van der Waals surface area (Å²) in [5, 5.41) is 1.54. The molecule has 0 amide bonds. The van der Waals surface area contributed by atoms with Gasteiger partial charge in [0.1, 0.15) is 0 Å². The molecule has 0 aliphatic rings. The summed E-state index contributed by atoms with van der Waals surface area (Å²) in [6.07, 6.45) is 13.0. The lowest BCUT2D eigenvalue weighted by atomic mass is 10.1. The molecule has 1 aromatic carbocycles. The summed E-state index contributed by atoms with van der Waals surface area (Å²) in [5.74, 6) is 0. The zero-order valence-corrected chi connectivity index (χ0v) is 14.7. The summed E-state index contributed by atoms with van der Waals surface area (Å²) in [5.41, 5.74) is 1.37. The van der Waals surface area contributed by atoms with Crippen molar-refractivity contribution in [2.45, 2.75) is 65.2 Å². The average molecular weight is 296 g/mol. The van der Waals surface area contributed by atoms with Crippen LogP contribution in [-0.2, 0) is 0 Å². The summed E-state index contributed by atoms with van der Waals surface area (Å²) in [7, 11) is 2.19. The second-order valence-electron chi connectivity index (χ2n) is 5.39. The Morgan fingerprint density at radius 3 is 2.00 bits per heavy atom. The molecule has 0 saturated heterocycles. The van der Waals surface area contributed by atoms with Crippen molar-refractivity contribution in [2.75, 3.05) is 6.16 Å². The van der Waals surface area contributed by atoms with E-state index >= 15 is 0 Å². The highest BCUT2D eigenvalue weighted by atomic mass is 32.0. The second kappa shape index (κ2) is 11.9. The lowest BCUT2D eigenvalue weighted by molar-refractivity contribution is 0.586. The molecule has 2 atom stereocenters. The van der Waals surface area contributed by atoms with Crippen LogP contribution in [0, 0.1) is 6.92 Å². The zero-order valence-electron chi connectivity index (χ0n) is 12.7. The fourth-order valence-electron chi connectivity index (χ4n) is 2.15. The van der Waals surface area contributed by atoms with E-state index in [0.717, 1.165) is 16.5 Å². The molecular formula is C17H30P2. The van der Waals surface area contributed by atoms with Crippen LogP contribution in [0.15, 0.2) is 24.3 Å². The van der Waals surface area contributed by atoms with Gasteiger partial charge in [0.15, 0.2) is 0 Å². The van der Waals surface area contributed by atoms with Crippen molar-refractivity contribution >= 4 is 21.8 Å². The monoisotopic (exact) mass is 296 g/mol. The van der Waals surface area contributed by atoms with E-state index in [-0.39, 0.29) is 0 Å². The molecule has 0 aromatic heterocycles. The van der Waals surface area contributed by atoms with Crippen molar-refractivity contribution in [2.24, 2.45) is 0 Å². The summed E-state index contributed by atoms with van der Waals surface area (Å²) < 4.78 is 0. The Kier molecular flexibility index (Phi) is 10.7. The van der Waals surface area contributed by atoms with Gasteiger partial charge in [-0.05, 0) is 24.8 Å². The van der Waals surface area contributed by atoms with Gasteiger partial charge in [-0.1, -0.05) is 98.2 Å². The number of hydrogen-bond acceptors (Lipinski definition) is 0. The van der Waals surface area contributed by atoms with E-state index in [9.17, 15) is 0 Å². The summed E-state index contributed by atoms with van der Waals surface area (Å²) in [6.45, 7) is 4.45. The third-order valence-electron chi connectivity index (χ3n) is 3.44. The molecule has 1 aromatic rings. The molecule has 0 aliphatic carbocycles. The van der Waals surface area contributed by atoms with E-state index in [4.69, 9.17) is 0 Å². The number of benzene rings is 1. The number of hydrogen-bond donors (Lipinski definition) is 0. The standard InChI is InChI=1S/C17H30P2/c1-3-4-5-6-7-8-9-10-15-18-19-17-13-11-16(2)12-14-17/h11-14,18-19H,3-10,15H2,1-2H3. The molecule has 2 unspecified atom stereocenters. The highest BCUT2D eigenvalue weighted by Crippen LogP contribution is 2.36. The molecule has 0 N–H and O–H groups in total. The van der Waals surface area contributed by atoms with Crippen molar-refractivity contribution in [1.29, 1.82) is 0 Å². The number of rotatable bonds is 11. The SMILES string of the molecule is CCCCCCCCCCPPc1ccc(C)cc1. The Morgan fingerprint density at radius 1 is 0.789 bits per heavy atom. The second-order valence-corrected chi connectivity index (χ2v) is 8.88. The first-order chi connectivity index (χ1) is 9.33. The van der Waals surface area contributed by atoms with E-state index in [1.165, 1.54) is 63.1 Å². The predicted molar refractivity (Wildman–Crippen MR) is 94.9 cm³/mol. The maximum Gasteiger partial charge on any atom is -0.0230 e. The Hall–Kier alpha value is 0.0800. The van der Waals surface area contributed by atoms with Gasteiger partial charge < -0.3 is 0 Å². The van der Waals surface area contributed by atoms with Gasteiger partial charge in [0.2, 0.25) is 0 Å². The van der Waals surface area contributed by atoms with Crippen molar-refractivity contribution in [3.05, 3.63) is 29.8 Å². The molecule has 108 valence electrons. The van der Waals surface area contributed by atoms with E-state index in [1.807, 2.05) is 0 Å². The summed E-state index contributed by atoms with van der Waals surface area (Å²) in [6, 6.07) is 9.08. The molecule has 0 nitrogen and oxygen atoms in total. The van der Waals surface area contributed by atoms with Crippen LogP contribution < -0.4 is 5.30 Å². The van der Waals surface area contributed by atoms with Crippen LogP contribution in [0.3, 0.4) is 0 Å². The van der Waals surface area contributed by atoms with Gasteiger partial charge in [-0.2, -0.15) is 0 Å². The van der Waals surface area contributed by atoms with E-state index in [1.54, 1.807) is 5.30 Å². The zero-order chi connectivity index (χ0) is 13.8. The quantitative estimate of drug-likeness (QED) is 0.345. The fraction of sp³-hybridized carbons (Fsp3) is 0.647. The van der Waals surface area contributed by atoms with Crippen molar-refractivity contribution in [3.63, 3.8) is 0 Å². The Morgan fingerprint density at radius 2 is 1.37 bits per heavy atom. The topological polar surface area (TPSA) is 0 Å². The minimum absolute atomic E-state index is 1.04. The molecule has 0 fully saturated rings. The van der Waals surface area contributed by atoms with E-state index in [0.29, 0.717) is 0 Å². The molecule has 2 heteroatoms. The van der Waals surface area contributed by atoms with E-state index in [2.05, 4.69) is 38.1 Å². The van der Waals surface area contributed by atoms with Crippen LogP contribution in [0.2, 0.25) is 0 Å². The fourth-order valence-corrected chi connectivity index (χ4v) is 5.26. The van der Waals surface area contributed by atoms with Crippen LogP contribution in [-0.4, -0.2) is 6.16 Å².